The molecule has 0 aromatic heterocycles. The van der Waals surface area contributed by atoms with E-state index >= 15 is 0 Å². The van der Waals surface area contributed by atoms with E-state index in [-0.39, 0.29) is 18.0 Å². The number of ether oxygens (including phenoxy) is 1. The molecule has 2 rings (SSSR count). The second-order valence-electron chi connectivity index (χ2n) is 3.75. The van der Waals surface area contributed by atoms with Gasteiger partial charge in [-0.2, -0.15) is 0 Å². The van der Waals surface area contributed by atoms with Gasteiger partial charge in [-0.25, -0.2) is 4.39 Å². The number of hydrogen-bond donors (Lipinski definition) is 0. The Balaban J connectivity index is 2.07. The fourth-order valence-electron chi connectivity index (χ4n) is 1.65. The second-order valence-corrected chi connectivity index (χ2v) is 3.75. The average molecular weight is 220 g/mol. The van der Waals surface area contributed by atoms with Crippen molar-refractivity contribution >= 4 is 5.78 Å². The SMILES string of the molecule is O=C(Cc1ccccc1F)C1=CCCCO1. The van der Waals surface area contributed by atoms with Crippen molar-refractivity contribution in [1.82, 2.24) is 0 Å². The number of halogens is 1. The third kappa shape index (κ3) is 2.48. The molecule has 84 valence electrons. The van der Waals surface area contributed by atoms with Gasteiger partial charge in [-0.3, -0.25) is 4.79 Å². The number of hydrogen-bond acceptors (Lipinski definition) is 2. The van der Waals surface area contributed by atoms with Crippen molar-refractivity contribution in [2.45, 2.75) is 19.3 Å². The monoisotopic (exact) mass is 220 g/mol. The van der Waals surface area contributed by atoms with Crippen molar-refractivity contribution in [2.75, 3.05) is 6.61 Å². The van der Waals surface area contributed by atoms with Crippen molar-refractivity contribution in [3.63, 3.8) is 0 Å². The molecule has 1 aliphatic rings. The van der Waals surface area contributed by atoms with Crippen LogP contribution in [0.3, 0.4) is 0 Å². The first-order chi connectivity index (χ1) is 7.77. The molecule has 0 atom stereocenters. The fourth-order valence-corrected chi connectivity index (χ4v) is 1.65. The summed E-state index contributed by atoms with van der Waals surface area (Å²) in [5.41, 5.74) is 0.419. The first-order valence-electron chi connectivity index (χ1n) is 5.37. The standard InChI is InChI=1S/C13H13FO2/c14-11-6-2-1-5-10(11)9-12(15)13-7-3-4-8-16-13/h1-2,5-7H,3-4,8-9H2. The summed E-state index contributed by atoms with van der Waals surface area (Å²) in [5.74, 6) is -0.105. The molecule has 0 saturated carbocycles. The highest BCUT2D eigenvalue weighted by atomic mass is 19.1. The highest BCUT2D eigenvalue weighted by Crippen LogP contribution is 2.15. The molecule has 0 bridgehead atoms. The lowest BCUT2D eigenvalue weighted by molar-refractivity contribution is -0.118. The predicted molar refractivity (Wildman–Crippen MR) is 58.4 cm³/mol. The summed E-state index contributed by atoms with van der Waals surface area (Å²) in [6, 6.07) is 6.32. The van der Waals surface area contributed by atoms with E-state index in [0.29, 0.717) is 17.9 Å². The van der Waals surface area contributed by atoms with Crippen molar-refractivity contribution in [1.29, 1.82) is 0 Å². The number of carbonyl (C=O) groups excluding carboxylic acids is 1. The second kappa shape index (κ2) is 4.92. The molecule has 1 heterocycles. The predicted octanol–water partition coefficient (Wildman–Crippen LogP) is 2.63. The van der Waals surface area contributed by atoms with Crippen LogP contribution in [0.5, 0.6) is 0 Å². The summed E-state index contributed by atoms with van der Waals surface area (Å²) in [7, 11) is 0. The zero-order valence-corrected chi connectivity index (χ0v) is 8.91. The Morgan fingerprint density at radius 1 is 1.38 bits per heavy atom. The van der Waals surface area contributed by atoms with E-state index in [1.165, 1.54) is 6.07 Å². The summed E-state index contributed by atoms with van der Waals surface area (Å²) in [5, 5.41) is 0. The molecule has 16 heavy (non-hydrogen) atoms. The minimum atomic E-state index is -0.341. The minimum absolute atomic E-state index is 0.0680. The van der Waals surface area contributed by atoms with Gasteiger partial charge >= 0.3 is 0 Å². The van der Waals surface area contributed by atoms with Gasteiger partial charge < -0.3 is 4.74 Å². The van der Waals surface area contributed by atoms with Gasteiger partial charge in [0.15, 0.2) is 5.76 Å². The number of carbonyl (C=O) groups is 1. The molecular weight excluding hydrogens is 207 g/mol. The first kappa shape index (κ1) is 10.9. The van der Waals surface area contributed by atoms with E-state index in [9.17, 15) is 9.18 Å². The van der Waals surface area contributed by atoms with Crippen LogP contribution in [0.4, 0.5) is 4.39 Å². The third-order valence-corrected chi connectivity index (χ3v) is 2.52. The van der Waals surface area contributed by atoms with Crippen molar-refractivity contribution < 1.29 is 13.9 Å². The highest BCUT2D eigenvalue weighted by molar-refractivity contribution is 5.95. The van der Waals surface area contributed by atoms with Crippen LogP contribution in [0.2, 0.25) is 0 Å². The molecule has 0 N–H and O–H groups in total. The van der Waals surface area contributed by atoms with Gasteiger partial charge in [-0.15, -0.1) is 0 Å². The van der Waals surface area contributed by atoms with Gasteiger partial charge in [0.25, 0.3) is 0 Å². The smallest absolute Gasteiger partial charge is 0.201 e. The zero-order chi connectivity index (χ0) is 11.4. The molecule has 0 aliphatic carbocycles. The van der Waals surface area contributed by atoms with Crippen molar-refractivity contribution in [3.05, 3.63) is 47.5 Å². The summed E-state index contributed by atoms with van der Waals surface area (Å²) in [4.78, 5) is 11.8. The molecule has 0 spiro atoms. The Hall–Kier alpha value is -1.64. The van der Waals surface area contributed by atoms with Crippen LogP contribution in [-0.2, 0) is 16.0 Å². The van der Waals surface area contributed by atoms with Crippen LogP contribution < -0.4 is 0 Å². The van der Waals surface area contributed by atoms with Gasteiger partial charge in [-0.1, -0.05) is 18.2 Å². The fraction of sp³-hybridized carbons (Fsp3) is 0.308. The lowest BCUT2D eigenvalue weighted by Gasteiger charge is -2.13. The van der Waals surface area contributed by atoms with Gasteiger partial charge in [0.2, 0.25) is 5.78 Å². The minimum Gasteiger partial charge on any atom is -0.490 e. The maximum Gasteiger partial charge on any atom is 0.201 e. The molecule has 0 unspecified atom stereocenters. The topological polar surface area (TPSA) is 26.3 Å². The van der Waals surface area contributed by atoms with Gasteiger partial charge in [0.1, 0.15) is 5.82 Å². The van der Waals surface area contributed by atoms with E-state index in [0.717, 1.165) is 12.8 Å². The number of rotatable bonds is 3. The van der Waals surface area contributed by atoms with Gasteiger partial charge in [0.05, 0.1) is 6.61 Å². The van der Waals surface area contributed by atoms with E-state index < -0.39 is 0 Å². The molecule has 3 heteroatoms. The highest BCUT2D eigenvalue weighted by Gasteiger charge is 2.15. The molecule has 1 aliphatic heterocycles. The largest absolute Gasteiger partial charge is 0.490 e. The number of Topliss-reactive ketones (excluding diaryl/α,β-unsaturated/α-hetero) is 1. The Morgan fingerprint density at radius 3 is 2.88 bits per heavy atom. The van der Waals surface area contributed by atoms with Crippen molar-refractivity contribution in [2.24, 2.45) is 0 Å². The van der Waals surface area contributed by atoms with Gasteiger partial charge in [-0.05, 0) is 30.5 Å². The summed E-state index contributed by atoms with van der Waals surface area (Å²) < 4.78 is 18.5. The molecule has 2 nitrogen and oxygen atoms in total. The molecule has 0 amide bonds. The zero-order valence-electron chi connectivity index (χ0n) is 8.91. The Morgan fingerprint density at radius 2 is 2.19 bits per heavy atom. The average Bonchev–Trinajstić information content (AvgIpc) is 2.33. The number of allylic oxidation sites excluding steroid dienone is 2. The summed E-state index contributed by atoms with van der Waals surface area (Å²) in [6.45, 7) is 0.578. The van der Waals surface area contributed by atoms with Gasteiger partial charge in [0, 0.05) is 6.42 Å². The molecule has 0 radical (unpaired) electrons. The van der Waals surface area contributed by atoms with E-state index in [1.807, 2.05) is 0 Å². The Kier molecular flexibility index (Phi) is 3.34. The summed E-state index contributed by atoms with van der Waals surface area (Å²) in [6.07, 6.45) is 3.65. The third-order valence-electron chi connectivity index (χ3n) is 2.52. The van der Waals surface area contributed by atoms with Crippen molar-refractivity contribution in [3.8, 4) is 0 Å². The number of benzene rings is 1. The first-order valence-corrected chi connectivity index (χ1v) is 5.37. The molecular formula is C13H13FO2. The van der Waals surface area contributed by atoms with E-state index in [1.54, 1.807) is 24.3 Å². The normalized spacial score (nSPS) is 15.2. The van der Waals surface area contributed by atoms with Crippen LogP contribution >= 0.6 is 0 Å². The van der Waals surface area contributed by atoms with E-state index in [4.69, 9.17) is 4.74 Å². The molecule has 1 aromatic rings. The quantitative estimate of drug-likeness (QED) is 0.782. The molecule has 0 saturated heterocycles. The lowest BCUT2D eigenvalue weighted by Crippen LogP contribution is -2.13. The Bertz CT molecular complexity index is 424. The molecule has 0 fully saturated rings. The van der Waals surface area contributed by atoms with Crippen LogP contribution in [0.1, 0.15) is 18.4 Å². The van der Waals surface area contributed by atoms with Crippen LogP contribution in [-0.4, -0.2) is 12.4 Å². The Labute approximate surface area is 93.7 Å². The number of ketones is 1. The maximum absolute atomic E-state index is 13.3. The lowest BCUT2D eigenvalue weighted by atomic mass is 10.1. The van der Waals surface area contributed by atoms with Crippen LogP contribution in [0.15, 0.2) is 36.1 Å². The molecule has 1 aromatic carbocycles. The van der Waals surface area contributed by atoms with Crippen LogP contribution in [0.25, 0.3) is 0 Å². The summed E-state index contributed by atoms with van der Waals surface area (Å²) >= 11 is 0. The van der Waals surface area contributed by atoms with Crippen LogP contribution in [0, 0.1) is 5.82 Å². The van der Waals surface area contributed by atoms with E-state index in [2.05, 4.69) is 0 Å². The maximum atomic E-state index is 13.3.